The summed E-state index contributed by atoms with van der Waals surface area (Å²) < 4.78 is 11.4. The maximum atomic E-state index is 12.5. The molecule has 0 saturated heterocycles. The maximum absolute atomic E-state index is 12.5. The van der Waals surface area contributed by atoms with E-state index in [4.69, 9.17) is 9.15 Å². The smallest absolute Gasteiger partial charge is 0.287 e. The van der Waals surface area contributed by atoms with E-state index in [9.17, 15) is 25.1 Å². The second kappa shape index (κ2) is 10.1. The average Bonchev–Trinajstić information content (AvgIpc) is 3.26. The zero-order valence-corrected chi connectivity index (χ0v) is 17.6. The number of nitro benzene ring substituents is 1. The molecule has 168 valence electrons. The number of hydrogen-bond donors (Lipinski definition) is 3. The van der Waals surface area contributed by atoms with E-state index in [1.165, 1.54) is 30.3 Å². The first kappa shape index (κ1) is 23.0. The molecule has 0 saturated carbocycles. The molecule has 9 nitrogen and oxygen atoms in total. The molecule has 3 aromatic rings. The van der Waals surface area contributed by atoms with Crippen molar-refractivity contribution in [2.45, 2.75) is 32.6 Å². The SMILES string of the molecule is Cc1cccc(C)c1OCc1ccc(C(=O)NC(CO)C(O)c2ccc([N+](=O)[O-])cc2)o1. The number of rotatable bonds is 9. The van der Waals surface area contributed by atoms with Gasteiger partial charge < -0.3 is 24.7 Å². The van der Waals surface area contributed by atoms with Crippen molar-refractivity contribution in [3.63, 3.8) is 0 Å². The van der Waals surface area contributed by atoms with Crippen LogP contribution in [0.4, 0.5) is 5.69 Å². The van der Waals surface area contributed by atoms with Gasteiger partial charge >= 0.3 is 0 Å². The Hall–Kier alpha value is -3.69. The Morgan fingerprint density at radius 3 is 2.38 bits per heavy atom. The van der Waals surface area contributed by atoms with Gasteiger partial charge in [0, 0.05) is 12.1 Å². The minimum atomic E-state index is -1.27. The molecule has 1 aromatic heterocycles. The van der Waals surface area contributed by atoms with Crippen LogP contribution in [0.15, 0.2) is 59.0 Å². The molecular formula is C23H24N2O7. The zero-order chi connectivity index (χ0) is 23.3. The van der Waals surface area contributed by atoms with Crippen molar-refractivity contribution in [2.24, 2.45) is 0 Å². The number of nitrogens with zero attached hydrogens (tertiary/aromatic N) is 1. The number of carbonyl (C=O) groups excluding carboxylic acids is 1. The lowest BCUT2D eigenvalue weighted by Gasteiger charge is -2.22. The van der Waals surface area contributed by atoms with Crippen molar-refractivity contribution in [1.82, 2.24) is 5.32 Å². The van der Waals surface area contributed by atoms with Crippen LogP contribution in [0.5, 0.6) is 5.75 Å². The fraction of sp³-hybridized carbons (Fsp3) is 0.261. The Morgan fingerprint density at radius 2 is 1.78 bits per heavy atom. The zero-order valence-electron chi connectivity index (χ0n) is 17.6. The van der Waals surface area contributed by atoms with Crippen LogP contribution < -0.4 is 10.1 Å². The number of nitro groups is 1. The van der Waals surface area contributed by atoms with E-state index in [0.29, 0.717) is 11.3 Å². The van der Waals surface area contributed by atoms with E-state index in [1.807, 2.05) is 32.0 Å². The van der Waals surface area contributed by atoms with Crippen molar-refractivity contribution >= 4 is 11.6 Å². The molecule has 1 heterocycles. The molecular weight excluding hydrogens is 416 g/mol. The van der Waals surface area contributed by atoms with Gasteiger partial charge in [0.15, 0.2) is 5.76 Å². The van der Waals surface area contributed by atoms with E-state index >= 15 is 0 Å². The van der Waals surface area contributed by atoms with Crippen LogP contribution in [-0.4, -0.2) is 33.7 Å². The molecule has 0 aliphatic rings. The second-order valence-electron chi connectivity index (χ2n) is 7.33. The van der Waals surface area contributed by atoms with Gasteiger partial charge in [-0.3, -0.25) is 14.9 Å². The summed E-state index contributed by atoms with van der Waals surface area (Å²) >= 11 is 0. The number of carbonyl (C=O) groups is 1. The Bertz CT molecular complexity index is 1070. The number of aliphatic hydroxyl groups is 2. The van der Waals surface area contributed by atoms with Crippen molar-refractivity contribution in [1.29, 1.82) is 0 Å². The molecule has 1 amide bonds. The van der Waals surface area contributed by atoms with Gasteiger partial charge in [-0.25, -0.2) is 0 Å². The van der Waals surface area contributed by atoms with Gasteiger partial charge in [0.1, 0.15) is 24.2 Å². The summed E-state index contributed by atoms with van der Waals surface area (Å²) in [7, 11) is 0. The monoisotopic (exact) mass is 440 g/mol. The number of para-hydroxylation sites is 1. The van der Waals surface area contributed by atoms with Crippen LogP contribution in [0, 0.1) is 24.0 Å². The fourth-order valence-corrected chi connectivity index (χ4v) is 3.24. The summed E-state index contributed by atoms with van der Waals surface area (Å²) in [5.41, 5.74) is 2.16. The number of aliphatic hydroxyl groups excluding tert-OH is 2. The lowest BCUT2D eigenvalue weighted by Crippen LogP contribution is -2.41. The highest BCUT2D eigenvalue weighted by atomic mass is 16.6. The third-order valence-corrected chi connectivity index (χ3v) is 4.99. The van der Waals surface area contributed by atoms with Crippen molar-refractivity contribution in [3.05, 3.63) is 92.9 Å². The molecule has 0 aliphatic heterocycles. The average molecular weight is 440 g/mol. The Kier molecular flexibility index (Phi) is 7.24. The van der Waals surface area contributed by atoms with Gasteiger partial charge in [-0.05, 0) is 54.8 Å². The number of hydrogen-bond acceptors (Lipinski definition) is 7. The van der Waals surface area contributed by atoms with E-state index in [-0.39, 0.29) is 18.1 Å². The lowest BCUT2D eigenvalue weighted by atomic mass is 10.0. The molecule has 9 heteroatoms. The summed E-state index contributed by atoms with van der Waals surface area (Å²) in [6.07, 6.45) is -1.27. The number of benzene rings is 2. The van der Waals surface area contributed by atoms with Crippen LogP contribution in [-0.2, 0) is 6.61 Å². The van der Waals surface area contributed by atoms with E-state index in [2.05, 4.69) is 5.32 Å². The summed E-state index contributed by atoms with van der Waals surface area (Å²) in [6.45, 7) is 3.46. The third-order valence-electron chi connectivity index (χ3n) is 4.99. The maximum Gasteiger partial charge on any atom is 0.287 e. The Morgan fingerprint density at radius 1 is 1.12 bits per heavy atom. The minimum Gasteiger partial charge on any atom is -0.485 e. The third kappa shape index (κ3) is 5.32. The number of ether oxygens (including phenoxy) is 1. The first-order chi connectivity index (χ1) is 15.3. The van der Waals surface area contributed by atoms with E-state index in [1.54, 1.807) is 6.07 Å². The molecule has 0 spiro atoms. The van der Waals surface area contributed by atoms with Crippen LogP contribution in [0.1, 0.15) is 39.1 Å². The highest BCUT2D eigenvalue weighted by Crippen LogP contribution is 2.24. The lowest BCUT2D eigenvalue weighted by molar-refractivity contribution is -0.384. The molecule has 3 rings (SSSR count). The molecule has 2 atom stereocenters. The quantitative estimate of drug-likeness (QED) is 0.343. The van der Waals surface area contributed by atoms with Crippen molar-refractivity contribution < 1.29 is 29.1 Å². The van der Waals surface area contributed by atoms with Crippen LogP contribution in [0.25, 0.3) is 0 Å². The molecule has 0 radical (unpaired) electrons. The summed E-state index contributed by atoms with van der Waals surface area (Å²) in [4.78, 5) is 22.7. The first-order valence-corrected chi connectivity index (χ1v) is 9.92. The summed E-state index contributed by atoms with van der Waals surface area (Å²) in [5, 5.41) is 33.4. The highest BCUT2D eigenvalue weighted by Gasteiger charge is 2.24. The molecule has 2 aromatic carbocycles. The normalized spacial score (nSPS) is 12.8. The Labute approximate surface area is 184 Å². The number of furan rings is 1. The van der Waals surface area contributed by atoms with Crippen molar-refractivity contribution in [3.8, 4) is 5.75 Å². The summed E-state index contributed by atoms with van der Waals surface area (Å²) in [5.74, 6) is 0.568. The topological polar surface area (TPSA) is 135 Å². The minimum absolute atomic E-state index is 0.000505. The molecule has 32 heavy (non-hydrogen) atoms. The van der Waals surface area contributed by atoms with Gasteiger partial charge in [0.05, 0.1) is 17.6 Å². The van der Waals surface area contributed by atoms with Gasteiger partial charge in [-0.2, -0.15) is 0 Å². The van der Waals surface area contributed by atoms with Gasteiger partial charge in [-0.15, -0.1) is 0 Å². The van der Waals surface area contributed by atoms with E-state index < -0.39 is 29.6 Å². The number of non-ortho nitro benzene ring substituents is 1. The molecule has 0 bridgehead atoms. The van der Waals surface area contributed by atoms with Crippen LogP contribution >= 0.6 is 0 Å². The van der Waals surface area contributed by atoms with Crippen LogP contribution in [0.2, 0.25) is 0 Å². The van der Waals surface area contributed by atoms with Gasteiger partial charge in [0.25, 0.3) is 11.6 Å². The van der Waals surface area contributed by atoms with Crippen molar-refractivity contribution in [2.75, 3.05) is 6.61 Å². The second-order valence-corrected chi connectivity index (χ2v) is 7.33. The predicted octanol–water partition coefficient (Wildman–Crippen LogP) is 3.21. The van der Waals surface area contributed by atoms with Crippen LogP contribution in [0.3, 0.4) is 0 Å². The largest absolute Gasteiger partial charge is 0.485 e. The van der Waals surface area contributed by atoms with Gasteiger partial charge in [-0.1, -0.05) is 18.2 Å². The highest BCUT2D eigenvalue weighted by molar-refractivity contribution is 5.91. The molecule has 0 aliphatic carbocycles. The van der Waals surface area contributed by atoms with Gasteiger partial charge in [0.2, 0.25) is 0 Å². The van der Waals surface area contributed by atoms with E-state index in [0.717, 1.165) is 16.9 Å². The summed E-state index contributed by atoms with van der Waals surface area (Å²) in [6, 6.07) is 13.1. The number of nitrogens with one attached hydrogen (secondary N) is 1. The Balaban J connectivity index is 1.63. The number of amides is 1. The standard InChI is InChI=1S/C23H24N2O7/c1-14-4-3-5-15(2)22(14)31-13-18-10-11-20(32-18)23(28)24-19(12-26)21(27)16-6-8-17(9-7-16)25(29)30/h3-11,19,21,26-27H,12-13H2,1-2H3,(H,24,28). The molecule has 2 unspecified atom stereocenters. The predicted molar refractivity (Wildman–Crippen MR) is 115 cm³/mol. The fourth-order valence-electron chi connectivity index (χ4n) is 3.24. The molecule has 3 N–H and O–H groups in total. The first-order valence-electron chi connectivity index (χ1n) is 9.92. The number of aryl methyl sites for hydroxylation is 2. The molecule has 0 fully saturated rings.